The van der Waals surface area contributed by atoms with Gasteiger partial charge in [0, 0.05) is 0 Å². The first-order chi connectivity index (χ1) is 9.45. The maximum Gasteiger partial charge on any atom is 0.417 e. The number of rotatable bonds is 4. The highest BCUT2D eigenvalue weighted by Crippen LogP contribution is 2.34. The van der Waals surface area contributed by atoms with Gasteiger partial charge in [-0.2, -0.15) is 13.2 Å². The molecule has 118 valence electrons. The Labute approximate surface area is 124 Å². The van der Waals surface area contributed by atoms with E-state index in [1.165, 1.54) is 0 Å². The Hall–Kier alpha value is -1.30. The van der Waals surface area contributed by atoms with Crippen molar-refractivity contribution in [3.05, 3.63) is 28.3 Å². The van der Waals surface area contributed by atoms with Gasteiger partial charge in [-0.15, -0.1) is 0 Å². The molecule has 1 aromatic rings. The molecule has 1 aromatic carbocycles. The highest BCUT2D eigenvalue weighted by Gasteiger charge is 2.39. The van der Waals surface area contributed by atoms with Crippen molar-refractivity contribution in [2.75, 3.05) is 0 Å². The molecule has 0 aliphatic heterocycles. The summed E-state index contributed by atoms with van der Waals surface area (Å²) in [7, 11) is -2.16. The molecule has 2 nitrogen and oxygen atoms in total. The molecule has 0 saturated heterocycles. The van der Waals surface area contributed by atoms with E-state index in [0.29, 0.717) is 23.6 Å². The zero-order valence-electron chi connectivity index (χ0n) is 13.1. The molecule has 21 heavy (non-hydrogen) atoms. The number of nitrogens with two attached hydrogens (primary N) is 1. The van der Waals surface area contributed by atoms with Gasteiger partial charge in [0.25, 0.3) is 0 Å². The van der Waals surface area contributed by atoms with Crippen LogP contribution in [0, 0.1) is 0 Å². The Morgan fingerprint density at radius 1 is 1.19 bits per heavy atom. The molecule has 0 aliphatic carbocycles. The van der Waals surface area contributed by atoms with Crippen LogP contribution in [-0.2, 0) is 19.0 Å². The number of alkyl halides is 3. The second kappa shape index (κ2) is 5.83. The molecule has 2 N–H and O–H groups in total. The van der Waals surface area contributed by atoms with Gasteiger partial charge in [0.2, 0.25) is 5.91 Å². The van der Waals surface area contributed by atoms with Gasteiger partial charge in [-0.05, 0) is 35.2 Å². The number of hydrogen-bond acceptors (Lipinski definition) is 1. The van der Waals surface area contributed by atoms with Crippen molar-refractivity contribution in [1.29, 1.82) is 0 Å². The van der Waals surface area contributed by atoms with Gasteiger partial charge < -0.3 is 5.73 Å². The molecular weight excluding hydrogens is 295 g/mol. The molecule has 0 atom stereocenters. The third-order valence-electron chi connectivity index (χ3n) is 3.56. The maximum absolute atomic E-state index is 13.3. The van der Waals surface area contributed by atoms with Crippen LogP contribution in [0.2, 0.25) is 19.6 Å². The van der Waals surface area contributed by atoms with Gasteiger partial charge >= 0.3 is 6.18 Å². The van der Waals surface area contributed by atoms with E-state index >= 15 is 0 Å². The van der Waals surface area contributed by atoms with Gasteiger partial charge in [0.1, 0.15) is 0 Å². The molecule has 0 spiro atoms. The lowest BCUT2D eigenvalue weighted by Crippen LogP contribution is -2.47. The van der Waals surface area contributed by atoms with E-state index in [2.05, 4.69) is 0 Å². The number of benzene rings is 1. The topological polar surface area (TPSA) is 43.1 Å². The normalized spacial score (nSPS) is 12.6. The lowest BCUT2D eigenvalue weighted by atomic mass is 9.94. The summed E-state index contributed by atoms with van der Waals surface area (Å²) in [6.07, 6.45) is -3.47. The van der Waals surface area contributed by atoms with E-state index in [-0.39, 0.29) is 5.56 Å². The molecule has 0 radical (unpaired) electrons. The van der Waals surface area contributed by atoms with Gasteiger partial charge in [-0.1, -0.05) is 33.5 Å². The number of primary amides is 1. The number of aryl methyl sites for hydroxylation is 1. The molecule has 6 heteroatoms. The average molecular weight is 317 g/mol. The van der Waals surface area contributed by atoms with Crippen molar-refractivity contribution < 1.29 is 18.0 Å². The largest absolute Gasteiger partial charge is 0.417 e. The van der Waals surface area contributed by atoms with Crippen LogP contribution in [0.1, 0.15) is 40.9 Å². The lowest BCUT2D eigenvalue weighted by Gasteiger charge is -2.28. The van der Waals surface area contributed by atoms with Crippen molar-refractivity contribution in [2.24, 2.45) is 5.73 Å². The summed E-state index contributed by atoms with van der Waals surface area (Å²) < 4.78 is 40.0. The van der Waals surface area contributed by atoms with Crippen LogP contribution in [0.3, 0.4) is 0 Å². The van der Waals surface area contributed by atoms with Gasteiger partial charge in [0.15, 0.2) is 0 Å². The van der Waals surface area contributed by atoms with Gasteiger partial charge in [-0.3, -0.25) is 4.79 Å². The zero-order chi connectivity index (χ0) is 16.6. The van der Waals surface area contributed by atoms with Crippen LogP contribution in [-0.4, -0.2) is 14.0 Å². The van der Waals surface area contributed by atoms with Crippen LogP contribution in [0.4, 0.5) is 13.2 Å². The summed E-state index contributed by atoms with van der Waals surface area (Å²) in [5.74, 6) is -0.989. The Balaban J connectivity index is 3.99. The molecule has 0 aliphatic rings. The molecule has 0 heterocycles. The molecule has 0 aromatic heterocycles. The first-order valence-corrected chi connectivity index (χ1v) is 10.5. The first kappa shape index (κ1) is 17.7. The van der Waals surface area contributed by atoms with E-state index in [9.17, 15) is 18.0 Å². The minimum Gasteiger partial charge on any atom is -0.366 e. The smallest absolute Gasteiger partial charge is 0.366 e. The number of hydrogen-bond donors (Lipinski definition) is 1. The summed E-state index contributed by atoms with van der Waals surface area (Å²) in [5, 5.41) is 0.559. The standard InChI is InChI=1S/C15H22F3NOSi/c1-6-9-8-11(15(16,17)18)12(14(19)20)13(10(9)7-2)21(3,4)5/h8H,6-7H2,1-5H3,(H2,19,20). The molecule has 0 saturated carbocycles. The fourth-order valence-corrected chi connectivity index (χ4v) is 5.06. The SMILES string of the molecule is CCc1cc(C(F)(F)F)c(C(N)=O)c([Si](C)(C)C)c1CC. The van der Waals surface area contributed by atoms with Crippen LogP contribution >= 0.6 is 0 Å². The molecule has 1 rings (SSSR count). The minimum atomic E-state index is -4.57. The number of carbonyl (C=O) groups excluding carboxylic acids is 1. The fourth-order valence-electron chi connectivity index (χ4n) is 2.81. The van der Waals surface area contributed by atoms with Crippen molar-refractivity contribution in [2.45, 2.75) is 52.5 Å². The Bertz CT molecular complexity index is 560. The van der Waals surface area contributed by atoms with Crippen LogP contribution in [0.5, 0.6) is 0 Å². The Morgan fingerprint density at radius 2 is 1.71 bits per heavy atom. The summed E-state index contributed by atoms with van der Waals surface area (Å²) in [6, 6.07) is 1.10. The summed E-state index contributed by atoms with van der Waals surface area (Å²) in [4.78, 5) is 11.7. The zero-order valence-corrected chi connectivity index (χ0v) is 14.1. The summed E-state index contributed by atoms with van der Waals surface area (Å²) in [5.41, 5.74) is 5.62. The van der Waals surface area contributed by atoms with E-state index in [0.717, 1.165) is 11.6 Å². The van der Waals surface area contributed by atoms with Crippen LogP contribution in [0.25, 0.3) is 0 Å². The Kier molecular flexibility index (Phi) is 4.93. The van der Waals surface area contributed by atoms with Crippen LogP contribution in [0.15, 0.2) is 6.07 Å². The molecule has 0 bridgehead atoms. The predicted molar refractivity (Wildman–Crippen MR) is 81.7 cm³/mol. The predicted octanol–water partition coefficient (Wildman–Crippen LogP) is 3.47. The van der Waals surface area contributed by atoms with Crippen molar-refractivity contribution in [3.8, 4) is 0 Å². The van der Waals surface area contributed by atoms with Crippen molar-refractivity contribution in [1.82, 2.24) is 0 Å². The minimum absolute atomic E-state index is 0.323. The van der Waals surface area contributed by atoms with Crippen LogP contribution < -0.4 is 10.9 Å². The highest BCUT2D eigenvalue weighted by atomic mass is 28.3. The van der Waals surface area contributed by atoms with Crippen molar-refractivity contribution >= 4 is 19.2 Å². The first-order valence-electron chi connectivity index (χ1n) is 7.01. The average Bonchev–Trinajstić information content (AvgIpc) is 2.33. The highest BCUT2D eigenvalue weighted by molar-refractivity contribution is 6.89. The second-order valence-electron chi connectivity index (χ2n) is 6.13. The second-order valence-corrected chi connectivity index (χ2v) is 11.1. The molecule has 1 amide bonds. The Morgan fingerprint density at radius 3 is 2.00 bits per heavy atom. The molecule has 0 fully saturated rings. The van der Waals surface area contributed by atoms with E-state index in [1.807, 2.05) is 33.5 Å². The summed E-state index contributed by atoms with van der Waals surface area (Å²) in [6.45, 7) is 9.54. The monoisotopic (exact) mass is 317 g/mol. The summed E-state index contributed by atoms with van der Waals surface area (Å²) >= 11 is 0. The third kappa shape index (κ3) is 3.48. The quantitative estimate of drug-likeness (QED) is 0.849. The number of amides is 1. The lowest BCUT2D eigenvalue weighted by molar-refractivity contribution is -0.137. The van der Waals surface area contributed by atoms with E-state index in [4.69, 9.17) is 5.73 Å². The number of carbonyl (C=O) groups is 1. The number of halogens is 3. The maximum atomic E-state index is 13.3. The van der Waals surface area contributed by atoms with Gasteiger partial charge in [0.05, 0.1) is 19.2 Å². The third-order valence-corrected chi connectivity index (χ3v) is 5.62. The fraction of sp³-hybridized carbons (Fsp3) is 0.533. The van der Waals surface area contributed by atoms with E-state index < -0.39 is 25.7 Å². The van der Waals surface area contributed by atoms with Gasteiger partial charge in [-0.25, -0.2) is 0 Å². The van der Waals surface area contributed by atoms with Crippen molar-refractivity contribution in [3.63, 3.8) is 0 Å². The molecule has 0 unspecified atom stereocenters. The van der Waals surface area contributed by atoms with E-state index in [1.54, 1.807) is 0 Å². The molecular formula is C15H22F3NOSi.